The number of anilines is 2. The average Bonchev–Trinajstić information content (AvgIpc) is 2.75. The highest BCUT2D eigenvalue weighted by atomic mass is 32.1. The van der Waals surface area contributed by atoms with Gasteiger partial charge in [-0.1, -0.05) is 11.3 Å². The molecule has 0 radical (unpaired) electrons. The molecule has 4 N–H and O–H groups in total. The highest BCUT2D eigenvalue weighted by Gasteiger charge is 2.13. The number of carbonyl (C=O) groups excluding carboxylic acids is 1. The van der Waals surface area contributed by atoms with Crippen molar-refractivity contribution in [3.05, 3.63) is 16.9 Å². The predicted octanol–water partition coefficient (Wildman–Crippen LogP) is 0.404. The molecule has 0 aliphatic rings. The van der Waals surface area contributed by atoms with E-state index in [0.717, 1.165) is 5.01 Å². The lowest BCUT2D eigenvalue weighted by atomic mass is 10.3. The first-order valence-corrected chi connectivity index (χ1v) is 4.89. The Kier molecular flexibility index (Phi) is 2.34. The Labute approximate surface area is 88.7 Å². The van der Waals surface area contributed by atoms with Gasteiger partial charge in [0.25, 0.3) is 5.91 Å². The maximum atomic E-state index is 11.6. The molecule has 2 aromatic heterocycles. The van der Waals surface area contributed by atoms with E-state index >= 15 is 0 Å². The van der Waals surface area contributed by atoms with Crippen molar-refractivity contribution < 1.29 is 4.79 Å². The third kappa shape index (κ3) is 1.94. The molecular weight excluding hydrogens is 216 g/mol. The number of nitrogen functional groups attached to an aromatic ring is 1. The molecule has 2 rings (SSSR count). The van der Waals surface area contributed by atoms with Gasteiger partial charge in [0.05, 0.1) is 11.9 Å². The van der Waals surface area contributed by atoms with Crippen molar-refractivity contribution in [3.63, 3.8) is 0 Å². The number of carbonyl (C=O) groups is 1. The summed E-state index contributed by atoms with van der Waals surface area (Å²) in [5.74, 6) is -0.374. The van der Waals surface area contributed by atoms with Crippen LogP contribution in [0, 0.1) is 6.92 Å². The van der Waals surface area contributed by atoms with E-state index < -0.39 is 0 Å². The fourth-order valence-electron chi connectivity index (χ4n) is 0.984. The molecule has 0 saturated heterocycles. The molecule has 1 amide bonds. The first kappa shape index (κ1) is 9.59. The van der Waals surface area contributed by atoms with Crippen LogP contribution in [-0.4, -0.2) is 26.3 Å². The van der Waals surface area contributed by atoms with E-state index in [1.807, 2.05) is 0 Å². The van der Waals surface area contributed by atoms with Crippen molar-refractivity contribution in [2.45, 2.75) is 6.92 Å². The van der Waals surface area contributed by atoms with Crippen molar-refractivity contribution in [2.24, 2.45) is 0 Å². The summed E-state index contributed by atoms with van der Waals surface area (Å²) in [6.45, 7) is 1.80. The van der Waals surface area contributed by atoms with Crippen LogP contribution in [0.5, 0.6) is 0 Å². The molecule has 0 unspecified atom stereocenters. The van der Waals surface area contributed by atoms with Gasteiger partial charge < -0.3 is 5.73 Å². The largest absolute Gasteiger partial charge is 0.396 e. The summed E-state index contributed by atoms with van der Waals surface area (Å²) in [7, 11) is 0. The second-order valence-corrected chi connectivity index (χ2v) is 3.96. The topological polar surface area (TPSA) is 110 Å². The SMILES string of the molecule is Cc1nnc(NC(=O)c2[nH]ncc2N)s1. The molecule has 0 saturated carbocycles. The van der Waals surface area contributed by atoms with Crippen LogP contribution in [0.15, 0.2) is 6.20 Å². The lowest BCUT2D eigenvalue weighted by molar-refractivity contribution is 0.102. The number of H-pyrrole nitrogens is 1. The molecule has 8 heteroatoms. The molecular formula is C7H8N6OS. The lowest BCUT2D eigenvalue weighted by Crippen LogP contribution is -2.13. The first-order valence-electron chi connectivity index (χ1n) is 4.07. The first-order chi connectivity index (χ1) is 7.16. The minimum atomic E-state index is -0.374. The molecule has 78 valence electrons. The van der Waals surface area contributed by atoms with Gasteiger partial charge in [0.15, 0.2) is 0 Å². The number of nitrogens with zero attached hydrogens (tertiary/aromatic N) is 3. The van der Waals surface area contributed by atoms with Crippen LogP contribution in [0.2, 0.25) is 0 Å². The molecule has 0 spiro atoms. The van der Waals surface area contributed by atoms with Crippen molar-refractivity contribution in [1.29, 1.82) is 0 Å². The number of hydrogen-bond donors (Lipinski definition) is 3. The van der Waals surface area contributed by atoms with Crippen LogP contribution < -0.4 is 11.1 Å². The summed E-state index contributed by atoms with van der Waals surface area (Å²) in [4.78, 5) is 11.6. The minimum absolute atomic E-state index is 0.225. The van der Waals surface area contributed by atoms with Crippen LogP contribution in [0.25, 0.3) is 0 Å². The molecule has 0 aliphatic carbocycles. The van der Waals surface area contributed by atoms with Crippen LogP contribution in [0.4, 0.5) is 10.8 Å². The van der Waals surface area contributed by atoms with E-state index in [4.69, 9.17) is 5.73 Å². The number of amides is 1. The predicted molar refractivity (Wildman–Crippen MR) is 55.6 cm³/mol. The summed E-state index contributed by atoms with van der Waals surface area (Å²) >= 11 is 1.29. The highest BCUT2D eigenvalue weighted by Crippen LogP contribution is 2.15. The van der Waals surface area contributed by atoms with E-state index in [1.165, 1.54) is 17.5 Å². The summed E-state index contributed by atoms with van der Waals surface area (Å²) in [6.07, 6.45) is 1.38. The maximum absolute atomic E-state index is 11.6. The lowest BCUT2D eigenvalue weighted by Gasteiger charge is -1.98. The van der Waals surface area contributed by atoms with E-state index in [9.17, 15) is 4.79 Å². The van der Waals surface area contributed by atoms with Gasteiger partial charge in [-0.3, -0.25) is 15.2 Å². The van der Waals surface area contributed by atoms with Crippen molar-refractivity contribution in [3.8, 4) is 0 Å². The third-order valence-corrected chi connectivity index (χ3v) is 2.40. The molecule has 7 nitrogen and oxygen atoms in total. The van der Waals surface area contributed by atoms with Crippen LogP contribution in [0.1, 0.15) is 15.5 Å². The van der Waals surface area contributed by atoms with Crippen LogP contribution in [-0.2, 0) is 0 Å². The molecule has 0 fully saturated rings. The molecule has 0 atom stereocenters. The molecule has 2 aromatic rings. The fraction of sp³-hybridized carbons (Fsp3) is 0.143. The summed E-state index contributed by atoms with van der Waals surface area (Å²) in [6, 6.07) is 0. The number of hydrogen-bond acceptors (Lipinski definition) is 6. The van der Waals surface area contributed by atoms with E-state index in [1.54, 1.807) is 6.92 Å². The zero-order chi connectivity index (χ0) is 10.8. The number of aryl methyl sites for hydroxylation is 1. The van der Waals surface area contributed by atoms with E-state index in [-0.39, 0.29) is 11.6 Å². The number of aromatic nitrogens is 4. The number of nitrogens with one attached hydrogen (secondary N) is 2. The normalized spacial score (nSPS) is 10.2. The Morgan fingerprint density at radius 2 is 2.40 bits per heavy atom. The van der Waals surface area contributed by atoms with E-state index in [0.29, 0.717) is 10.8 Å². The molecule has 0 aromatic carbocycles. The Morgan fingerprint density at radius 3 is 2.93 bits per heavy atom. The summed E-state index contributed by atoms with van der Waals surface area (Å²) in [5, 5.41) is 17.5. The Morgan fingerprint density at radius 1 is 1.60 bits per heavy atom. The van der Waals surface area contributed by atoms with Gasteiger partial charge in [0.1, 0.15) is 10.7 Å². The second-order valence-electron chi connectivity index (χ2n) is 2.78. The monoisotopic (exact) mass is 224 g/mol. The zero-order valence-electron chi connectivity index (χ0n) is 7.81. The van der Waals surface area contributed by atoms with Crippen molar-refractivity contribution in [2.75, 3.05) is 11.1 Å². The van der Waals surface area contributed by atoms with Crippen LogP contribution in [0.3, 0.4) is 0 Å². The van der Waals surface area contributed by atoms with Crippen LogP contribution >= 0.6 is 11.3 Å². The third-order valence-electron chi connectivity index (χ3n) is 1.64. The summed E-state index contributed by atoms with van der Waals surface area (Å²) in [5.41, 5.74) is 6.04. The minimum Gasteiger partial charge on any atom is -0.396 e. The average molecular weight is 224 g/mol. The zero-order valence-corrected chi connectivity index (χ0v) is 8.63. The van der Waals surface area contributed by atoms with Gasteiger partial charge in [-0.15, -0.1) is 10.2 Å². The highest BCUT2D eigenvalue weighted by molar-refractivity contribution is 7.15. The Balaban J connectivity index is 2.14. The van der Waals surface area contributed by atoms with Gasteiger partial charge in [0, 0.05) is 0 Å². The van der Waals surface area contributed by atoms with Gasteiger partial charge in [-0.2, -0.15) is 5.10 Å². The smallest absolute Gasteiger partial charge is 0.277 e. The molecule has 15 heavy (non-hydrogen) atoms. The molecule has 0 aliphatic heterocycles. The van der Waals surface area contributed by atoms with E-state index in [2.05, 4.69) is 25.7 Å². The number of aromatic amines is 1. The fourth-order valence-corrected chi connectivity index (χ4v) is 1.57. The van der Waals surface area contributed by atoms with Gasteiger partial charge in [-0.25, -0.2) is 0 Å². The number of rotatable bonds is 2. The quantitative estimate of drug-likeness (QED) is 0.684. The standard InChI is InChI=1S/C7H8N6OS/c1-3-11-13-7(15-3)10-6(14)5-4(8)2-9-12-5/h2H,8H2,1H3,(H,9,12)(H,10,13,14). The Hall–Kier alpha value is -1.96. The van der Waals surface area contributed by atoms with Crippen molar-refractivity contribution in [1.82, 2.24) is 20.4 Å². The molecule has 2 heterocycles. The van der Waals surface area contributed by atoms with Gasteiger partial charge in [0.2, 0.25) is 5.13 Å². The number of nitrogens with two attached hydrogens (primary N) is 1. The van der Waals surface area contributed by atoms with Gasteiger partial charge >= 0.3 is 0 Å². The Bertz CT molecular complexity index is 489. The van der Waals surface area contributed by atoms with Crippen molar-refractivity contribution >= 4 is 28.1 Å². The maximum Gasteiger partial charge on any atom is 0.277 e. The molecule has 0 bridgehead atoms. The van der Waals surface area contributed by atoms with Gasteiger partial charge in [-0.05, 0) is 6.92 Å². The second kappa shape index (κ2) is 3.65. The summed E-state index contributed by atoms with van der Waals surface area (Å²) < 4.78 is 0.